The van der Waals surface area contributed by atoms with E-state index in [1.807, 2.05) is 6.07 Å². The first-order valence-corrected chi connectivity index (χ1v) is 7.16. The Bertz CT molecular complexity index is 399. The molecule has 2 rings (SSSR count). The Morgan fingerprint density at radius 1 is 1.37 bits per heavy atom. The minimum absolute atomic E-state index is 0.364. The summed E-state index contributed by atoms with van der Waals surface area (Å²) in [5.41, 5.74) is 1.26. The highest BCUT2D eigenvalue weighted by atomic mass is 16.5. The second-order valence-corrected chi connectivity index (χ2v) is 5.95. The van der Waals surface area contributed by atoms with E-state index in [9.17, 15) is 0 Å². The third kappa shape index (κ3) is 4.22. The van der Waals surface area contributed by atoms with E-state index in [0.717, 1.165) is 25.4 Å². The highest BCUT2D eigenvalue weighted by Gasteiger charge is 2.31. The SMILES string of the molecule is Cc1cccc(OC2CN([C@H](C)CCN(C)C)C2)c1. The van der Waals surface area contributed by atoms with Gasteiger partial charge in [0.05, 0.1) is 0 Å². The number of hydrogen-bond acceptors (Lipinski definition) is 3. The lowest BCUT2D eigenvalue weighted by Crippen LogP contribution is -2.57. The predicted octanol–water partition coefficient (Wildman–Crippen LogP) is 2.40. The summed E-state index contributed by atoms with van der Waals surface area (Å²) < 4.78 is 5.99. The monoisotopic (exact) mass is 262 g/mol. The normalized spacial score (nSPS) is 18.4. The van der Waals surface area contributed by atoms with Crippen LogP contribution in [0.5, 0.6) is 5.75 Å². The zero-order valence-electron chi connectivity index (χ0n) is 12.6. The number of aryl methyl sites for hydroxylation is 1. The number of benzene rings is 1. The van der Waals surface area contributed by atoms with Gasteiger partial charge in [-0.3, -0.25) is 4.90 Å². The Labute approximate surface area is 117 Å². The van der Waals surface area contributed by atoms with Gasteiger partial charge in [0, 0.05) is 19.1 Å². The first kappa shape index (κ1) is 14.4. The van der Waals surface area contributed by atoms with Gasteiger partial charge >= 0.3 is 0 Å². The van der Waals surface area contributed by atoms with Crippen molar-refractivity contribution in [2.24, 2.45) is 0 Å². The van der Waals surface area contributed by atoms with E-state index >= 15 is 0 Å². The first-order chi connectivity index (χ1) is 9.04. The van der Waals surface area contributed by atoms with Gasteiger partial charge in [0.2, 0.25) is 0 Å². The van der Waals surface area contributed by atoms with Crippen LogP contribution in [-0.4, -0.2) is 55.7 Å². The zero-order valence-corrected chi connectivity index (χ0v) is 12.6. The lowest BCUT2D eigenvalue weighted by Gasteiger charge is -2.43. The van der Waals surface area contributed by atoms with Crippen molar-refractivity contribution in [2.75, 3.05) is 33.7 Å². The summed E-state index contributed by atoms with van der Waals surface area (Å²) in [4.78, 5) is 4.75. The van der Waals surface area contributed by atoms with Crippen molar-refractivity contribution in [3.63, 3.8) is 0 Å². The van der Waals surface area contributed by atoms with Crippen molar-refractivity contribution in [3.05, 3.63) is 29.8 Å². The van der Waals surface area contributed by atoms with Crippen LogP contribution in [0.15, 0.2) is 24.3 Å². The van der Waals surface area contributed by atoms with E-state index in [0.29, 0.717) is 12.1 Å². The fraction of sp³-hybridized carbons (Fsp3) is 0.625. The summed E-state index contributed by atoms with van der Waals surface area (Å²) in [5.74, 6) is 1.01. The van der Waals surface area contributed by atoms with Crippen LogP contribution in [-0.2, 0) is 0 Å². The third-order valence-corrected chi connectivity index (χ3v) is 3.79. The Hall–Kier alpha value is -1.06. The summed E-state index contributed by atoms with van der Waals surface area (Å²) >= 11 is 0. The lowest BCUT2D eigenvalue weighted by atomic mass is 10.1. The molecular weight excluding hydrogens is 236 g/mol. The predicted molar refractivity (Wildman–Crippen MR) is 79.8 cm³/mol. The molecule has 3 nitrogen and oxygen atoms in total. The molecule has 1 atom stereocenters. The second-order valence-electron chi connectivity index (χ2n) is 5.95. The van der Waals surface area contributed by atoms with Gasteiger partial charge in [-0.05, 0) is 58.6 Å². The molecule has 0 aliphatic carbocycles. The molecule has 0 saturated carbocycles. The van der Waals surface area contributed by atoms with Crippen LogP contribution >= 0.6 is 0 Å². The van der Waals surface area contributed by atoms with Crippen LogP contribution in [0.4, 0.5) is 0 Å². The van der Waals surface area contributed by atoms with Crippen LogP contribution in [0, 0.1) is 6.92 Å². The molecule has 0 unspecified atom stereocenters. The van der Waals surface area contributed by atoms with Crippen molar-refractivity contribution in [1.29, 1.82) is 0 Å². The highest BCUT2D eigenvalue weighted by Crippen LogP contribution is 2.21. The van der Waals surface area contributed by atoms with Gasteiger partial charge in [-0.15, -0.1) is 0 Å². The second kappa shape index (κ2) is 6.40. The van der Waals surface area contributed by atoms with Crippen molar-refractivity contribution in [1.82, 2.24) is 9.80 Å². The minimum atomic E-state index is 0.364. The molecule has 1 heterocycles. The highest BCUT2D eigenvalue weighted by molar-refractivity contribution is 5.27. The molecule has 1 aromatic carbocycles. The summed E-state index contributed by atoms with van der Waals surface area (Å²) in [6.45, 7) is 7.68. The van der Waals surface area contributed by atoms with E-state index < -0.39 is 0 Å². The van der Waals surface area contributed by atoms with Crippen LogP contribution in [0.2, 0.25) is 0 Å². The fourth-order valence-corrected chi connectivity index (χ4v) is 2.41. The van der Waals surface area contributed by atoms with Crippen molar-refractivity contribution >= 4 is 0 Å². The smallest absolute Gasteiger partial charge is 0.124 e. The summed E-state index contributed by atoms with van der Waals surface area (Å²) in [6, 6.07) is 8.97. The van der Waals surface area contributed by atoms with E-state index in [-0.39, 0.29) is 0 Å². The first-order valence-electron chi connectivity index (χ1n) is 7.16. The molecule has 1 aliphatic heterocycles. The topological polar surface area (TPSA) is 15.7 Å². The van der Waals surface area contributed by atoms with Gasteiger partial charge in [0.1, 0.15) is 11.9 Å². The molecule has 0 bridgehead atoms. The van der Waals surface area contributed by atoms with E-state index in [1.54, 1.807) is 0 Å². The summed E-state index contributed by atoms with van der Waals surface area (Å²) in [5, 5.41) is 0. The Morgan fingerprint density at radius 2 is 2.11 bits per heavy atom. The van der Waals surface area contributed by atoms with E-state index in [1.165, 1.54) is 12.0 Å². The molecule has 1 fully saturated rings. The largest absolute Gasteiger partial charge is 0.488 e. The zero-order chi connectivity index (χ0) is 13.8. The molecule has 0 spiro atoms. The summed E-state index contributed by atoms with van der Waals surface area (Å²) in [6.07, 6.45) is 1.59. The van der Waals surface area contributed by atoms with Gasteiger partial charge in [0.15, 0.2) is 0 Å². The molecular formula is C16H26N2O. The van der Waals surface area contributed by atoms with Crippen molar-refractivity contribution in [2.45, 2.75) is 32.4 Å². The van der Waals surface area contributed by atoms with Gasteiger partial charge in [-0.1, -0.05) is 12.1 Å². The van der Waals surface area contributed by atoms with E-state index in [4.69, 9.17) is 4.74 Å². The molecule has 0 aromatic heterocycles. The number of rotatable bonds is 6. The van der Waals surface area contributed by atoms with Crippen molar-refractivity contribution in [3.8, 4) is 5.75 Å². The quantitative estimate of drug-likeness (QED) is 0.783. The molecule has 106 valence electrons. The van der Waals surface area contributed by atoms with Crippen LogP contribution in [0.25, 0.3) is 0 Å². The van der Waals surface area contributed by atoms with Gasteiger partial charge in [-0.2, -0.15) is 0 Å². The average Bonchev–Trinajstić information content (AvgIpc) is 2.30. The van der Waals surface area contributed by atoms with Gasteiger partial charge in [-0.25, -0.2) is 0 Å². The maximum atomic E-state index is 5.99. The molecule has 0 amide bonds. The molecule has 0 radical (unpaired) electrons. The molecule has 1 aliphatic rings. The summed E-state index contributed by atoms with van der Waals surface area (Å²) in [7, 11) is 4.26. The molecule has 0 N–H and O–H groups in total. The maximum absolute atomic E-state index is 5.99. The van der Waals surface area contributed by atoms with E-state index in [2.05, 4.69) is 55.9 Å². The average molecular weight is 262 g/mol. The Kier molecular flexibility index (Phi) is 4.83. The maximum Gasteiger partial charge on any atom is 0.124 e. The van der Waals surface area contributed by atoms with Gasteiger partial charge < -0.3 is 9.64 Å². The molecule has 19 heavy (non-hydrogen) atoms. The van der Waals surface area contributed by atoms with Crippen LogP contribution < -0.4 is 4.74 Å². The number of hydrogen-bond donors (Lipinski definition) is 0. The third-order valence-electron chi connectivity index (χ3n) is 3.79. The van der Waals surface area contributed by atoms with Gasteiger partial charge in [0.25, 0.3) is 0 Å². The Morgan fingerprint density at radius 3 is 2.74 bits per heavy atom. The minimum Gasteiger partial charge on any atom is -0.488 e. The fourth-order valence-electron chi connectivity index (χ4n) is 2.41. The Balaban J connectivity index is 1.71. The number of likely N-dealkylation sites (tertiary alicyclic amines) is 1. The number of nitrogens with zero attached hydrogens (tertiary/aromatic N) is 2. The molecule has 3 heteroatoms. The lowest BCUT2D eigenvalue weighted by molar-refractivity contribution is -0.00783. The number of ether oxygens (including phenoxy) is 1. The van der Waals surface area contributed by atoms with Crippen molar-refractivity contribution < 1.29 is 4.74 Å². The molecule has 1 aromatic rings. The molecule has 1 saturated heterocycles. The standard InChI is InChI=1S/C16H26N2O/c1-13-6-5-7-15(10-13)19-16-11-18(12-16)14(2)8-9-17(3)4/h5-7,10,14,16H,8-9,11-12H2,1-4H3/t14-/m1/s1. The van der Waals surface area contributed by atoms with Crippen LogP contribution in [0.3, 0.4) is 0 Å². The van der Waals surface area contributed by atoms with Crippen LogP contribution in [0.1, 0.15) is 18.9 Å².